The summed E-state index contributed by atoms with van der Waals surface area (Å²) < 4.78 is 25.1. The number of benzene rings is 1. The number of nitrogens with zero attached hydrogens (tertiary/aromatic N) is 2. The molecule has 0 saturated heterocycles. The van der Waals surface area contributed by atoms with Crippen LogP contribution < -0.4 is 5.43 Å². The van der Waals surface area contributed by atoms with Crippen LogP contribution in [0.25, 0.3) is 6.08 Å². The second-order valence-corrected chi connectivity index (χ2v) is 4.78. The van der Waals surface area contributed by atoms with Gasteiger partial charge in [-0.25, -0.2) is 24.2 Å². The van der Waals surface area contributed by atoms with Crippen molar-refractivity contribution in [3.63, 3.8) is 0 Å². The molecule has 1 heterocycles. The van der Waals surface area contributed by atoms with E-state index in [9.17, 15) is 18.7 Å². The number of hydrogen-bond acceptors (Lipinski definition) is 5. The molecule has 1 amide bonds. The summed E-state index contributed by atoms with van der Waals surface area (Å²) in [6.07, 6.45) is -0.775. The third-order valence-corrected chi connectivity index (χ3v) is 2.90. The highest BCUT2D eigenvalue weighted by atomic mass is 19.3. The molecule has 0 radical (unpaired) electrons. The zero-order valence-electron chi connectivity index (χ0n) is 11.7. The molecule has 0 aromatic heterocycles. The first-order valence-corrected chi connectivity index (χ1v) is 6.50. The van der Waals surface area contributed by atoms with Gasteiger partial charge >= 0.3 is 0 Å². The van der Waals surface area contributed by atoms with Crippen molar-refractivity contribution in [2.45, 2.75) is 19.5 Å². The van der Waals surface area contributed by atoms with Crippen molar-refractivity contribution in [3.05, 3.63) is 35.0 Å². The monoisotopic (exact) mass is 311 g/mol. The second-order valence-electron chi connectivity index (χ2n) is 4.78. The molecule has 1 aliphatic heterocycles. The standard InChI is InChI=1S/C14H15F2N3O3/c1-8(20)6-18-19-7-17-11(14(19)22)4-9-2-3-10(13(15)16)12(21)5-9/h2-5,7-8,13,18,20-21H,6H2,1H3/b11-4-. The van der Waals surface area contributed by atoms with Crippen LogP contribution in [0.15, 0.2) is 28.9 Å². The van der Waals surface area contributed by atoms with E-state index in [-0.39, 0.29) is 12.2 Å². The normalized spacial score (nSPS) is 17.8. The van der Waals surface area contributed by atoms with Gasteiger partial charge in [0.15, 0.2) is 0 Å². The van der Waals surface area contributed by atoms with Gasteiger partial charge in [-0.2, -0.15) is 0 Å². The number of phenolic OH excluding ortho intramolecular Hbond substituents is 1. The molecule has 6 nitrogen and oxygen atoms in total. The zero-order chi connectivity index (χ0) is 16.3. The topological polar surface area (TPSA) is 85.2 Å². The molecule has 3 N–H and O–H groups in total. The first kappa shape index (κ1) is 16.1. The number of halogens is 2. The number of aromatic hydroxyl groups is 1. The van der Waals surface area contributed by atoms with E-state index < -0.39 is 29.7 Å². The lowest BCUT2D eigenvalue weighted by atomic mass is 10.1. The van der Waals surface area contributed by atoms with E-state index in [1.807, 2.05) is 0 Å². The number of carbonyl (C=O) groups is 1. The highest BCUT2D eigenvalue weighted by Gasteiger charge is 2.22. The molecular formula is C14H15F2N3O3. The smallest absolute Gasteiger partial charge is 0.292 e. The molecule has 2 rings (SSSR count). The van der Waals surface area contributed by atoms with E-state index in [0.29, 0.717) is 5.56 Å². The molecule has 1 atom stereocenters. The van der Waals surface area contributed by atoms with Gasteiger partial charge in [0.2, 0.25) is 0 Å². The van der Waals surface area contributed by atoms with Gasteiger partial charge in [0.25, 0.3) is 12.3 Å². The fraction of sp³-hybridized carbons (Fsp3) is 0.286. The van der Waals surface area contributed by atoms with Gasteiger partial charge in [0, 0.05) is 6.54 Å². The van der Waals surface area contributed by atoms with E-state index in [4.69, 9.17) is 5.11 Å². The molecule has 118 valence electrons. The summed E-state index contributed by atoms with van der Waals surface area (Å²) in [7, 11) is 0. The molecule has 0 fully saturated rings. The third-order valence-electron chi connectivity index (χ3n) is 2.90. The van der Waals surface area contributed by atoms with Crippen LogP contribution in [0.2, 0.25) is 0 Å². The van der Waals surface area contributed by atoms with Crippen molar-refractivity contribution < 1.29 is 23.8 Å². The van der Waals surface area contributed by atoms with Gasteiger partial charge in [-0.1, -0.05) is 6.07 Å². The zero-order valence-corrected chi connectivity index (χ0v) is 11.7. The summed E-state index contributed by atoms with van der Waals surface area (Å²) in [6, 6.07) is 3.60. The Bertz CT molecular complexity index is 630. The van der Waals surface area contributed by atoms with Crippen LogP contribution in [0.4, 0.5) is 8.78 Å². The number of rotatable bonds is 5. The molecule has 22 heavy (non-hydrogen) atoms. The van der Waals surface area contributed by atoms with E-state index in [0.717, 1.165) is 17.1 Å². The van der Waals surface area contributed by atoms with Gasteiger partial charge in [0.05, 0.1) is 11.7 Å². The Morgan fingerprint density at radius 1 is 1.45 bits per heavy atom. The maximum absolute atomic E-state index is 12.5. The Labute approximate surface area is 125 Å². The molecule has 1 aromatic carbocycles. The van der Waals surface area contributed by atoms with Crippen molar-refractivity contribution in [2.75, 3.05) is 6.54 Å². The fourth-order valence-corrected chi connectivity index (χ4v) is 1.79. The molecule has 0 bridgehead atoms. The van der Waals surface area contributed by atoms with Crippen molar-refractivity contribution in [2.24, 2.45) is 4.99 Å². The Balaban J connectivity index is 2.13. The van der Waals surface area contributed by atoms with Gasteiger partial charge in [0.1, 0.15) is 17.8 Å². The maximum Gasteiger partial charge on any atom is 0.292 e. The first-order valence-electron chi connectivity index (χ1n) is 6.50. The summed E-state index contributed by atoms with van der Waals surface area (Å²) in [6.45, 7) is 1.74. The minimum atomic E-state index is -2.77. The predicted octanol–water partition coefficient (Wildman–Crippen LogP) is 1.43. The number of aliphatic hydroxyl groups is 1. The van der Waals surface area contributed by atoms with Crippen molar-refractivity contribution in [1.82, 2.24) is 10.4 Å². The van der Waals surface area contributed by atoms with Crippen molar-refractivity contribution >= 4 is 18.3 Å². The highest BCUT2D eigenvalue weighted by Crippen LogP contribution is 2.29. The van der Waals surface area contributed by atoms with Crippen LogP contribution >= 0.6 is 0 Å². The second kappa shape index (κ2) is 6.63. The summed E-state index contributed by atoms with van der Waals surface area (Å²) in [5.74, 6) is -0.985. The maximum atomic E-state index is 12.5. The number of carbonyl (C=O) groups excluding carboxylic acids is 1. The molecule has 0 aliphatic carbocycles. The first-order chi connectivity index (χ1) is 10.4. The Kier molecular flexibility index (Phi) is 4.84. The highest BCUT2D eigenvalue weighted by molar-refractivity contribution is 6.07. The van der Waals surface area contributed by atoms with Crippen molar-refractivity contribution in [3.8, 4) is 5.75 Å². The lowest BCUT2D eigenvalue weighted by molar-refractivity contribution is -0.124. The summed E-state index contributed by atoms with van der Waals surface area (Å²) in [4.78, 5) is 15.9. The number of aliphatic hydroxyl groups excluding tert-OH is 1. The largest absolute Gasteiger partial charge is 0.507 e. The molecule has 0 spiro atoms. The average molecular weight is 311 g/mol. The van der Waals surface area contributed by atoms with E-state index in [2.05, 4.69) is 10.4 Å². The molecule has 1 aromatic rings. The van der Waals surface area contributed by atoms with E-state index in [1.54, 1.807) is 6.92 Å². The number of amides is 1. The van der Waals surface area contributed by atoms with Gasteiger partial charge in [-0.15, -0.1) is 0 Å². The number of nitrogens with one attached hydrogen (secondary N) is 1. The van der Waals surface area contributed by atoms with Gasteiger partial charge < -0.3 is 10.2 Å². The number of hydrogen-bond donors (Lipinski definition) is 3. The number of hydrazine groups is 1. The number of aliphatic imine (C=N–C) groups is 1. The SMILES string of the molecule is CC(O)CNN1C=N/C(=C\c2ccc(C(F)F)c(O)c2)C1=O. The Morgan fingerprint density at radius 2 is 2.18 bits per heavy atom. The molecule has 8 heteroatoms. The number of alkyl halides is 2. The molecular weight excluding hydrogens is 296 g/mol. The summed E-state index contributed by atoms with van der Waals surface area (Å²) in [5.41, 5.74) is 2.67. The van der Waals surface area contributed by atoms with E-state index in [1.165, 1.54) is 18.5 Å². The average Bonchev–Trinajstić information content (AvgIpc) is 2.77. The van der Waals surface area contributed by atoms with Crippen LogP contribution in [0.1, 0.15) is 24.5 Å². The summed E-state index contributed by atoms with van der Waals surface area (Å²) >= 11 is 0. The van der Waals surface area contributed by atoms with E-state index >= 15 is 0 Å². The Morgan fingerprint density at radius 3 is 2.77 bits per heavy atom. The van der Waals surface area contributed by atoms with Crippen LogP contribution in [-0.4, -0.2) is 40.1 Å². The molecule has 1 aliphatic rings. The molecule has 0 saturated carbocycles. The van der Waals surface area contributed by atoms with Crippen LogP contribution in [-0.2, 0) is 4.79 Å². The minimum absolute atomic E-state index is 0.0855. The quantitative estimate of drug-likeness (QED) is 0.718. The minimum Gasteiger partial charge on any atom is -0.507 e. The lowest BCUT2D eigenvalue weighted by Gasteiger charge is -2.14. The predicted molar refractivity (Wildman–Crippen MR) is 76.1 cm³/mol. The van der Waals surface area contributed by atoms with Crippen LogP contribution in [0.5, 0.6) is 5.75 Å². The van der Waals surface area contributed by atoms with Gasteiger partial charge in [-0.3, -0.25) is 4.79 Å². The fourth-order valence-electron chi connectivity index (χ4n) is 1.79. The van der Waals surface area contributed by atoms with Crippen LogP contribution in [0.3, 0.4) is 0 Å². The summed E-state index contributed by atoms with van der Waals surface area (Å²) in [5, 5.41) is 19.8. The van der Waals surface area contributed by atoms with Gasteiger partial charge in [-0.05, 0) is 30.7 Å². The molecule has 1 unspecified atom stereocenters. The van der Waals surface area contributed by atoms with Crippen molar-refractivity contribution in [1.29, 1.82) is 0 Å². The Hall–Kier alpha value is -2.32. The van der Waals surface area contributed by atoms with Crippen LogP contribution in [0, 0.1) is 0 Å². The lowest BCUT2D eigenvalue weighted by Crippen LogP contribution is -2.42. The third kappa shape index (κ3) is 3.66. The number of phenols is 1.